The molecule has 0 radical (unpaired) electrons. The zero-order chi connectivity index (χ0) is 25.3. The molecule has 2 amide bonds. The molecule has 34 heavy (non-hydrogen) atoms. The van der Waals surface area contributed by atoms with Crippen LogP contribution in [0.25, 0.3) is 0 Å². The maximum atomic E-state index is 13.2. The number of amides is 2. The summed E-state index contributed by atoms with van der Waals surface area (Å²) in [6.07, 6.45) is 0.439. The zero-order valence-electron chi connectivity index (χ0n) is 19.9. The second kappa shape index (κ2) is 9.39. The van der Waals surface area contributed by atoms with E-state index in [1.807, 2.05) is 26.0 Å². The molecule has 8 heteroatoms. The van der Waals surface area contributed by atoms with Gasteiger partial charge in [-0.3, -0.25) is 9.59 Å². The number of rotatable bonds is 6. The summed E-state index contributed by atoms with van der Waals surface area (Å²) < 4.78 is 0. The molecule has 7 nitrogen and oxygen atoms in total. The van der Waals surface area contributed by atoms with Crippen LogP contribution in [0.1, 0.15) is 66.8 Å². The van der Waals surface area contributed by atoms with Crippen molar-refractivity contribution in [2.24, 2.45) is 5.41 Å². The van der Waals surface area contributed by atoms with E-state index in [9.17, 15) is 19.5 Å². The van der Waals surface area contributed by atoms with Gasteiger partial charge in [-0.15, -0.1) is 0 Å². The fraction of sp³-hybridized carbons (Fsp3) is 0.423. The van der Waals surface area contributed by atoms with Crippen LogP contribution in [0.5, 0.6) is 0 Å². The number of likely N-dealkylation sites (tertiary alicyclic amines) is 1. The second-order valence-electron chi connectivity index (χ2n) is 10.2. The number of benzene rings is 2. The molecule has 1 saturated heterocycles. The standard InChI is InChI=1S/C26H31ClN2O5/c1-24(2)16-29(13-12-26(24,34)19-8-10-20(27)11-9-19)21(30)15-25(3,4)28-22(31)17-6-5-7-18(14-17)23(32)33/h5-11,14,34H,12-13,15-16H2,1-4H3,(H,28,31)(H,32,33). The Hall–Kier alpha value is -2.90. The van der Waals surface area contributed by atoms with Crippen molar-refractivity contribution in [1.82, 2.24) is 10.2 Å². The molecule has 0 spiro atoms. The van der Waals surface area contributed by atoms with E-state index in [2.05, 4.69) is 5.32 Å². The van der Waals surface area contributed by atoms with E-state index < -0.39 is 28.4 Å². The Bertz CT molecular complexity index is 1100. The molecule has 3 N–H and O–H groups in total. The normalized spacial score (nSPS) is 20.0. The Morgan fingerprint density at radius 3 is 2.29 bits per heavy atom. The van der Waals surface area contributed by atoms with Crippen molar-refractivity contribution in [2.75, 3.05) is 13.1 Å². The van der Waals surface area contributed by atoms with Crippen LogP contribution in [0.15, 0.2) is 48.5 Å². The summed E-state index contributed by atoms with van der Waals surface area (Å²) in [4.78, 5) is 38.7. The largest absolute Gasteiger partial charge is 0.478 e. The predicted molar refractivity (Wildman–Crippen MR) is 130 cm³/mol. The van der Waals surface area contributed by atoms with Crippen molar-refractivity contribution in [3.8, 4) is 0 Å². The topological polar surface area (TPSA) is 107 Å². The fourth-order valence-corrected chi connectivity index (χ4v) is 4.63. The van der Waals surface area contributed by atoms with Gasteiger partial charge in [0.2, 0.25) is 5.91 Å². The highest BCUT2D eigenvalue weighted by Crippen LogP contribution is 2.46. The number of aromatic carboxylic acids is 1. The van der Waals surface area contributed by atoms with Crippen LogP contribution in [0, 0.1) is 5.41 Å². The molecule has 3 rings (SSSR count). The van der Waals surface area contributed by atoms with Crippen molar-refractivity contribution in [3.63, 3.8) is 0 Å². The van der Waals surface area contributed by atoms with Crippen LogP contribution in [0.3, 0.4) is 0 Å². The Morgan fingerprint density at radius 1 is 1.09 bits per heavy atom. The molecule has 1 aliphatic rings. The minimum absolute atomic E-state index is 0.0188. The van der Waals surface area contributed by atoms with Crippen molar-refractivity contribution in [2.45, 2.75) is 51.7 Å². The molecule has 2 aromatic rings. The van der Waals surface area contributed by atoms with E-state index in [0.29, 0.717) is 24.5 Å². The third-order valence-electron chi connectivity index (χ3n) is 6.54. The van der Waals surface area contributed by atoms with Gasteiger partial charge in [0.1, 0.15) is 0 Å². The Kier molecular flexibility index (Phi) is 7.10. The first-order valence-corrected chi connectivity index (χ1v) is 11.5. The van der Waals surface area contributed by atoms with E-state index in [-0.39, 0.29) is 23.5 Å². The highest BCUT2D eigenvalue weighted by Gasteiger charge is 2.49. The molecule has 1 fully saturated rings. The van der Waals surface area contributed by atoms with E-state index in [4.69, 9.17) is 16.7 Å². The fourth-order valence-electron chi connectivity index (χ4n) is 4.50. The Morgan fingerprint density at radius 2 is 1.71 bits per heavy atom. The third kappa shape index (κ3) is 5.42. The van der Waals surface area contributed by atoms with Gasteiger partial charge < -0.3 is 20.4 Å². The molecule has 1 heterocycles. The summed E-state index contributed by atoms with van der Waals surface area (Å²) in [6, 6.07) is 12.9. The first-order chi connectivity index (χ1) is 15.7. The number of carboxylic acid groups (broad SMARTS) is 1. The van der Waals surface area contributed by atoms with Crippen LogP contribution in [0.4, 0.5) is 0 Å². The van der Waals surface area contributed by atoms with Gasteiger partial charge in [-0.25, -0.2) is 4.79 Å². The van der Waals surface area contributed by atoms with Gasteiger partial charge >= 0.3 is 5.97 Å². The van der Waals surface area contributed by atoms with Gasteiger partial charge in [0.25, 0.3) is 5.91 Å². The summed E-state index contributed by atoms with van der Waals surface area (Å²) in [5.41, 5.74) is -1.57. The Labute approximate surface area is 204 Å². The van der Waals surface area contributed by atoms with Gasteiger partial charge in [0.15, 0.2) is 0 Å². The van der Waals surface area contributed by atoms with Gasteiger partial charge in [0, 0.05) is 41.1 Å². The van der Waals surface area contributed by atoms with Gasteiger partial charge in [-0.2, -0.15) is 0 Å². The van der Waals surface area contributed by atoms with Crippen molar-refractivity contribution >= 4 is 29.4 Å². The van der Waals surface area contributed by atoms with Crippen LogP contribution in [-0.4, -0.2) is 51.5 Å². The first kappa shape index (κ1) is 25.7. The zero-order valence-corrected chi connectivity index (χ0v) is 20.6. The molecule has 2 aromatic carbocycles. The summed E-state index contributed by atoms with van der Waals surface area (Å²) in [7, 11) is 0. The lowest BCUT2D eigenvalue weighted by molar-refractivity contribution is -0.154. The molecule has 0 aromatic heterocycles. The lowest BCUT2D eigenvalue weighted by Gasteiger charge is -2.51. The number of nitrogens with one attached hydrogen (secondary N) is 1. The molecule has 1 aliphatic heterocycles. The SMILES string of the molecule is CC(C)(CC(=O)N1CCC(O)(c2ccc(Cl)cc2)C(C)(C)C1)NC(=O)c1cccc(C(=O)O)c1. The van der Waals surface area contributed by atoms with E-state index in [1.54, 1.807) is 30.9 Å². The quantitative estimate of drug-likeness (QED) is 0.570. The predicted octanol–water partition coefficient (Wildman–Crippen LogP) is 4.08. The molecule has 0 aliphatic carbocycles. The first-order valence-electron chi connectivity index (χ1n) is 11.2. The average Bonchev–Trinajstić information content (AvgIpc) is 2.75. The second-order valence-corrected chi connectivity index (χ2v) is 10.7. The highest BCUT2D eigenvalue weighted by molar-refractivity contribution is 6.30. The van der Waals surface area contributed by atoms with Gasteiger partial charge in [0.05, 0.1) is 11.2 Å². The Balaban J connectivity index is 1.67. The van der Waals surface area contributed by atoms with Gasteiger partial charge in [-0.05, 0) is 56.2 Å². The van der Waals surface area contributed by atoms with E-state index >= 15 is 0 Å². The highest BCUT2D eigenvalue weighted by atomic mass is 35.5. The minimum atomic E-state index is -1.12. The van der Waals surface area contributed by atoms with Crippen molar-refractivity contribution in [1.29, 1.82) is 0 Å². The number of carboxylic acids is 1. The summed E-state index contributed by atoms with van der Waals surface area (Å²) >= 11 is 6.00. The molecular weight excluding hydrogens is 456 g/mol. The van der Waals surface area contributed by atoms with Crippen LogP contribution >= 0.6 is 11.6 Å². The maximum Gasteiger partial charge on any atom is 0.335 e. The third-order valence-corrected chi connectivity index (χ3v) is 6.79. The van der Waals surface area contributed by atoms with E-state index in [1.165, 1.54) is 24.3 Å². The minimum Gasteiger partial charge on any atom is -0.478 e. The number of carbonyl (C=O) groups is 3. The van der Waals surface area contributed by atoms with Crippen molar-refractivity contribution in [3.05, 3.63) is 70.2 Å². The molecule has 182 valence electrons. The van der Waals surface area contributed by atoms with Crippen LogP contribution < -0.4 is 5.32 Å². The molecule has 1 unspecified atom stereocenters. The number of carbonyl (C=O) groups excluding carboxylic acids is 2. The average molecular weight is 487 g/mol. The lowest BCUT2D eigenvalue weighted by Crippen LogP contribution is -2.58. The summed E-state index contributed by atoms with van der Waals surface area (Å²) in [5.74, 6) is -1.69. The van der Waals surface area contributed by atoms with Gasteiger partial charge in [-0.1, -0.05) is 43.6 Å². The molecule has 0 bridgehead atoms. The lowest BCUT2D eigenvalue weighted by atomic mass is 9.66. The number of aliphatic hydroxyl groups is 1. The van der Waals surface area contributed by atoms with Crippen molar-refractivity contribution < 1.29 is 24.6 Å². The summed E-state index contributed by atoms with van der Waals surface area (Å²) in [6.45, 7) is 8.11. The maximum absolute atomic E-state index is 13.2. The monoisotopic (exact) mass is 486 g/mol. The molecular formula is C26H31ClN2O5. The number of nitrogens with zero attached hydrogens (tertiary/aromatic N) is 1. The van der Waals surface area contributed by atoms with Crippen LogP contribution in [0.2, 0.25) is 5.02 Å². The smallest absolute Gasteiger partial charge is 0.335 e. The summed E-state index contributed by atoms with van der Waals surface area (Å²) in [5, 5.41) is 24.1. The molecule has 1 atom stereocenters. The number of halogens is 1. The molecule has 0 saturated carbocycles. The van der Waals surface area contributed by atoms with Crippen LogP contribution in [-0.2, 0) is 10.4 Å². The number of hydrogen-bond acceptors (Lipinski definition) is 4. The number of piperidine rings is 1. The number of hydrogen-bond donors (Lipinski definition) is 3. The van der Waals surface area contributed by atoms with E-state index in [0.717, 1.165) is 5.56 Å².